The van der Waals surface area contributed by atoms with Gasteiger partial charge in [-0.1, -0.05) is 29.3 Å². The van der Waals surface area contributed by atoms with E-state index in [-0.39, 0.29) is 5.88 Å². The minimum Gasteiger partial charge on any atom is -0.493 e. The zero-order valence-electron chi connectivity index (χ0n) is 14.2. The summed E-state index contributed by atoms with van der Waals surface area (Å²) in [6.07, 6.45) is 1.96. The van der Waals surface area contributed by atoms with Gasteiger partial charge in [-0.25, -0.2) is 0 Å². The highest BCUT2D eigenvalue weighted by Gasteiger charge is 2.20. The van der Waals surface area contributed by atoms with E-state index in [1.807, 2.05) is 31.2 Å². The van der Waals surface area contributed by atoms with Gasteiger partial charge < -0.3 is 5.11 Å². The van der Waals surface area contributed by atoms with E-state index >= 15 is 0 Å². The Balaban J connectivity index is 1.86. The fraction of sp³-hybridized carbons (Fsp3) is 0.100. The largest absolute Gasteiger partial charge is 0.493 e. The molecule has 0 saturated carbocycles. The number of aryl methyl sites for hydroxylation is 1. The SMILES string of the molecule is CC1=Nc2ccc(C)cc2C1=Cc1sc(=S)n(-c2cccc(Cl)c2)c1O. The number of thiazole rings is 1. The van der Waals surface area contributed by atoms with Crippen LogP contribution >= 0.6 is 35.2 Å². The third kappa shape index (κ3) is 2.92. The lowest BCUT2D eigenvalue weighted by atomic mass is 10.0. The van der Waals surface area contributed by atoms with Crippen molar-refractivity contribution in [2.24, 2.45) is 4.99 Å². The standard InChI is InChI=1S/C20H15ClN2OS2/c1-11-6-7-17-16(8-11)15(12(2)22-17)10-18-19(24)23(20(25)26-18)14-5-3-4-13(21)9-14/h3-10,24H,1-2H3. The summed E-state index contributed by atoms with van der Waals surface area (Å²) in [6.45, 7) is 4.04. The molecule has 2 heterocycles. The maximum Gasteiger partial charge on any atom is 0.215 e. The molecule has 0 amide bonds. The molecule has 0 saturated heterocycles. The fourth-order valence-electron chi connectivity index (χ4n) is 3.03. The Bertz CT molecular complexity index is 1150. The Labute approximate surface area is 165 Å². The molecule has 4 rings (SSSR count). The van der Waals surface area contributed by atoms with Crippen molar-refractivity contribution < 1.29 is 5.11 Å². The van der Waals surface area contributed by atoms with Gasteiger partial charge in [0.15, 0.2) is 3.95 Å². The molecular weight excluding hydrogens is 384 g/mol. The Morgan fingerprint density at radius 2 is 2.00 bits per heavy atom. The van der Waals surface area contributed by atoms with Crippen LogP contribution < -0.4 is 0 Å². The summed E-state index contributed by atoms with van der Waals surface area (Å²) in [5.41, 5.74) is 5.89. The molecule has 26 heavy (non-hydrogen) atoms. The third-order valence-electron chi connectivity index (χ3n) is 4.27. The van der Waals surface area contributed by atoms with E-state index in [1.54, 1.807) is 16.7 Å². The van der Waals surface area contributed by atoms with Gasteiger partial charge in [-0.2, -0.15) is 0 Å². The predicted molar refractivity (Wildman–Crippen MR) is 113 cm³/mol. The number of aromatic nitrogens is 1. The highest BCUT2D eigenvalue weighted by atomic mass is 35.5. The molecule has 1 aromatic heterocycles. The topological polar surface area (TPSA) is 37.5 Å². The molecule has 3 aromatic rings. The third-order valence-corrected chi connectivity index (χ3v) is 5.82. The number of hydrogen-bond donors (Lipinski definition) is 1. The number of hydrogen-bond acceptors (Lipinski definition) is 4. The van der Waals surface area contributed by atoms with Gasteiger partial charge in [-0.15, -0.1) is 11.3 Å². The number of benzene rings is 2. The molecule has 3 nitrogen and oxygen atoms in total. The highest BCUT2D eigenvalue weighted by Crippen LogP contribution is 2.39. The molecule has 6 heteroatoms. The van der Waals surface area contributed by atoms with E-state index in [1.165, 1.54) is 16.9 Å². The van der Waals surface area contributed by atoms with Crippen molar-refractivity contribution in [1.82, 2.24) is 4.57 Å². The Morgan fingerprint density at radius 1 is 1.19 bits per heavy atom. The average Bonchev–Trinajstić information content (AvgIpc) is 3.04. The molecule has 0 unspecified atom stereocenters. The van der Waals surface area contributed by atoms with Crippen molar-refractivity contribution in [1.29, 1.82) is 0 Å². The second-order valence-electron chi connectivity index (χ2n) is 6.15. The van der Waals surface area contributed by atoms with Crippen molar-refractivity contribution >= 4 is 58.2 Å². The zero-order chi connectivity index (χ0) is 18.4. The second-order valence-corrected chi connectivity index (χ2v) is 8.26. The van der Waals surface area contributed by atoms with Gasteiger partial charge in [0.25, 0.3) is 0 Å². The lowest BCUT2D eigenvalue weighted by molar-refractivity contribution is 0.441. The maximum absolute atomic E-state index is 10.8. The minimum absolute atomic E-state index is 0.115. The number of aliphatic imine (C=N–C) groups is 1. The molecule has 0 aliphatic carbocycles. The number of aromatic hydroxyl groups is 1. The molecule has 2 aromatic carbocycles. The summed E-state index contributed by atoms with van der Waals surface area (Å²) in [6, 6.07) is 13.5. The van der Waals surface area contributed by atoms with Crippen molar-refractivity contribution in [2.45, 2.75) is 13.8 Å². The van der Waals surface area contributed by atoms with Crippen LogP contribution in [0.2, 0.25) is 5.02 Å². The molecule has 1 aliphatic rings. The lowest BCUT2D eigenvalue weighted by Gasteiger charge is -2.06. The van der Waals surface area contributed by atoms with E-state index in [2.05, 4.69) is 24.0 Å². The molecule has 130 valence electrons. The number of fused-ring (bicyclic) bond motifs is 1. The fourth-order valence-corrected chi connectivity index (χ4v) is 4.51. The Hall–Kier alpha value is -2.21. The van der Waals surface area contributed by atoms with E-state index in [0.29, 0.717) is 13.9 Å². The van der Waals surface area contributed by atoms with Crippen LogP contribution in [-0.4, -0.2) is 15.4 Å². The Morgan fingerprint density at radius 3 is 2.77 bits per heavy atom. The average molecular weight is 399 g/mol. The molecule has 0 bridgehead atoms. The number of halogens is 1. The van der Waals surface area contributed by atoms with Gasteiger partial charge in [-0.05, 0) is 62.5 Å². The van der Waals surface area contributed by atoms with Gasteiger partial charge in [0.2, 0.25) is 5.88 Å². The Kier molecular flexibility index (Phi) is 4.31. The van der Waals surface area contributed by atoms with Crippen molar-refractivity contribution in [3.63, 3.8) is 0 Å². The molecule has 1 N–H and O–H groups in total. The van der Waals surface area contributed by atoms with E-state index < -0.39 is 0 Å². The number of nitrogens with zero attached hydrogens (tertiary/aromatic N) is 2. The number of allylic oxidation sites excluding steroid dienone is 1. The van der Waals surface area contributed by atoms with Crippen LogP contribution in [-0.2, 0) is 0 Å². The summed E-state index contributed by atoms with van der Waals surface area (Å²) in [4.78, 5) is 5.32. The normalized spacial score (nSPS) is 14.6. The summed E-state index contributed by atoms with van der Waals surface area (Å²) in [7, 11) is 0. The van der Waals surface area contributed by atoms with Crippen LogP contribution in [0.4, 0.5) is 5.69 Å². The molecule has 0 spiro atoms. The minimum atomic E-state index is 0.115. The summed E-state index contributed by atoms with van der Waals surface area (Å²) >= 11 is 12.9. The van der Waals surface area contributed by atoms with Gasteiger partial charge in [0.05, 0.1) is 16.3 Å². The van der Waals surface area contributed by atoms with Crippen LogP contribution in [0.15, 0.2) is 47.5 Å². The van der Waals surface area contributed by atoms with Crippen molar-refractivity contribution in [2.75, 3.05) is 0 Å². The predicted octanol–water partition coefficient (Wildman–Crippen LogP) is 6.58. The first-order chi connectivity index (χ1) is 12.4. The first kappa shape index (κ1) is 17.2. The lowest BCUT2D eigenvalue weighted by Crippen LogP contribution is -1.93. The zero-order valence-corrected chi connectivity index (χ0v) is 16.5. The van der Waals surface area contributed by atoms with E-state index in [0.717, 1.165) is 28.2 Å². The highest BCUT2D eigenvalue weighted by molar-refractivity contribution is 7.73. The first-order valence-electron chi connectivity index (χ1n) is 8.03. The first-order valence-corrected chi connectivity index (χ1v) is 9.63. The van der Waals surface area contributed by atoms with Crippen LogP contribution in [0, 0.1) is 10.9 Å². The van der Waals surface area contributed by atoms with Crippen molar-refractivity contribution in [3.8, 4) is 11.6 Å². The summed E-state index contributed by atoms with van der Waals surface area (Å²) in [5.74, 6) is 0.115. The molecule has 1 aliphatic heterocycles. The summed E-state index contributed by atoms with van der Waals surface area (Å²) in [5, 5.41) is 11.4. The second kappa shape index (κ2) is 6.50. The maximum atomic E-state index is 10.8. The van der Waals surface area contributed by atoms with Gasteiger partial charge >= 0.3 is 0 Å². The van der Waals surface area contributed by atoms with Crippen LogP contribution in [0.3, 0.4) is 0 Å². The van der Waals surface area contributed by atoms with Crippen LogP contribution in [0.5, 0.6) is 5.88 Å². The van der Waals surface area contributed by atoms with E-state index in [9.17, 15) is 5.11 Å². The van der Waals surface area contributed by atoms with Gasteiger partial charge in [0, 0.05) is 21.9 Å². The molecule has 0 fully saturated rings. The van der Waals surface area contributed by atoms with Crippen molar-refractivity contribution in [3.05, 3.63) is 67.4 Å². The van der Waals surface area contributed by atoms with Crippen LogP contribution in [0.25, 0.3) is 17.3 Å². The quantitative estimate of drug-likeness (QED) is 0.495. The number of rotatable bonds is 2. The molecular formula is C20H15ClN2OS2. The molecule has 0 atom stereocenters. The molecule has 0 radical (unpaired) electrons. The smallest absolute Gasteiger partial charge is 0.215 e. The van der Waals surface area contributed by atoms with Crippen LogP contribution in [0.1, 0.15) is 22.9 Å². The van der Waals surface area contributed by atoms with E-state index in [4.69, 9.17) is 23.8 Å². The monoisotopic (exact) mass is 398 g/mol. The van der Waals surface area contributed by atoms with Gasteiger partial charge in [-0.3, -0.25) is 9.56 Å². The summed E-state index contributed by atoms with van der Waals surface area (Å²) < 4.78 is 2.20. The van der Waals surface area contributed by atoms with Gasteiger partial charge in [0.1, 0.15) is 0 Å².